The first-order valence-corrected chi connectivity index (χ1v) is 8.37. The first-order chi connectivity index (χ1) is 10.3. The van der Waals surface area contributed by atoms with E-state index >= 15 is 0 Å². The van der Waals surface area contributed by atoms with E-state index < -0.39 is 0 Å². The molecule has 0 spiro atoms. The van der Waals surface area contributed by atoms with Crippen molar-refractivity contribution in [2.75, 3.05) is 19.6 Å². The fourth-order valence-corrected chi connectivity index (χ4v) is 3.30. The normalized spacial score (nSPS) is 17.0. The first kappa shape index (κ1) is 14.5. The topological polar surface area (TPSA) is 38.2 Å². The Morgan fingerprint density at radius 2 is 2.24 bits per heavy atom. The third kappa shape index (κ3) is 4.25. The van der Waals surface area contributed by atoms with Gasteiger partial charge in [-0.15, -0.1) is 11.3 Å². The van der Waals surface area contributed by atoms with Crippen molar-refractivity contribution in [3.05, 3.63) is 40.6 Å². The highest BCUT2D eigenvalue weighted by Crippen LogP contribution is 2.18. The molecule has 0 bridgehead atoms. The average Bonchev–Trinajstić information content (AvgIpc) is 2.93. The van der Waals surface area contributed by atoms with Gasteiger partial charge in [-0.2, -0.15) is 0 Å². The number of thiazole rings is 1. The molecule has 3 heterocycles. The van der Waals surface area contributed by atoms with E-state index in [1.54, 1.807) is 23.7 Å². The summed E-state index contributed by atoms with van der Waals surface area (Å²) in [5.41, 5.74) is 1.23. The summed E-state index contributed by atoms with van der Waals surface area (Å²) < 4.78 is 5.97. The molecule has 1 saturated heterocycles. The molecule has 0 unspecified atom stereocenters. The van der Waals surface area contributed by atoms with E-state index in [0.29, 0.717) is 6.10 Å². The van der Waals surface area contributed by atoms with Crippen LogP contribution in [0.1, 0.15) is 23.5 Å². The monoisotopic (exact) mass is 303 g/mol. The van der Waals surface area contributed by atoms with Gasteiger partial charge in [-0.1, -0.05) is 0 Å². The van der Waals surface area contributed by atoms with Crippen LogP contribution >= 0.6 is 11.3 Å². The summed E-state index contributed by atoms with van der Waals surface area (Å²) in [7, 11) is 0. The van der Waals surface area contributed by atoms with Crippen LogP contribution in [0.25, 0.3) is 0 Å². The molecule has 0 atom stereocenters. The van der Waals surface area contributed by atoms with E-state index in [1.807, 2.05) is 12.1 Å². The van der Waals surface area contributed by atoms with Gasteiger partial charge in [-0.05, 0) is 31.9 Å². The number of rotatable bonds is 5. The fraction of sp³-hybridized carbons (Fsp3) is 0.500. The molecule has 0 aliphatic carbocycles. The van der Waals surface area contributed by atoms with Crippen LogP contribution in [0.4, 0.5) is 0 Å². The number of aryl methyl sites for hydroxylation is 1. The molecule has 0 radical (unpaired) electrons. The zero-order valence-corrected chi connectivity index (χ0v) is 13.2. The lowest BCUT2D eigenvalue weighted by Gasteiger charge is -2.31. The van der Waals surface area contributed by atoms with Gasteiger partial charge in [-0.3, -0.25) is 4.98 Å². The van der Waals surface area contributed by atoms with Crippen LogP contribution in [0.15, 0.2) is 29.9 Å². The van der Waals surface area contributed by atoms with Gasteiger partial charge in [0, 0.05) is 37.6 Å². The van der Waals surface area contributed by atoms with Crippen molar-refractivity contribution in [3.63, 3.8) is 0 Å². The van der Waals surface area contributed by atoms with E-state index in [4.69, 9.17) is 4.74 Å². The van der Waals surface area contributed by atoms with Crippen LogP contribution in [-0.4, -0.2) is 40.6 Å². The number of aromatic nitrogens is 2. The quantitative estimate of drug-likeness (QED) is 0.851. The molecule has 2 aromatic rings. The van der Waals surface area contributed by atoms with Gasteiger partial charge in [0.1, 0.15) is 11.9 Å². The maximum Gasteiger partial charge on any atom is 0.137 e. The van der Waals surface area contributed by atoms with E-state index in [2.05, 4.69) is 27.2 Å². The molecular weight excluding hydrogens is 282 g/mol. The minimum atomic E-state index is 0.326. The highest BCUT2D eigenvalue weighted by atomic mass is 32.1. The highest BCUT2D eigenvalue weighted by Gasteiger charge is 2.20. The summed E-state index contributed by atoms with van der Waals surface area (Å²) in [4.78, 5) is 11.1. The van der Waals surface area contributed by atoms with E-state index in [1.165, 1.54) is 5.69 Å². The molecule has 3 rings (SSSR count). The summed E-state index contributed by atoms with van der Waals surface area (Å²) in [5.74, 6) is 0.883. The Hall–Kier alpha value is -1.46. The zero-order valence-electron chi connectivity index (χ0n) is 12.4. The second-order valence-corrected chi connectivity index (χ2v) is 6.52. The van der Waals surface area contributed by atoms with Crippen molar-refractivity contribution < 1.29 is 4.74 Å². The van der Waals surface area contributed by atoms with Gasteiger partial charge in [0.25, 0.3) is 0 Å². The fourth-order valence-electron chi connectivity index (χ4n) is 2.66. The molecule has 1 fully saturated rings. The van der Waals surface area contributed by atoms with Gasteiger partial charge in [0.15, 0.2) is 0 Å². The Balaban J connectivity index is 1.40. The zero-order chi connectivity index (χ0) is 14.5. The Morgan fingerprint density at radius 3 is 2.90 bits per heavy atom. The summed E-state index contributed by atoms with van der Waals surface area (Å²) in [6.45, 7) is 5.38. The maximum absolute atomic E-state index is 5.97. The lowest BCUT2D eigenvalue weighted by atomic mass is 10.1. The number of hydrogen-bond donors (Lipinski definition) is 0. The van der Waals surface area contributed by atoms with Crippen molar-refractivity contribution in [1.82, 2.24) is 14.9 Å². The summed E-state index contributed by atoms with van der Waals surface area (Å²) in [5, 5.41) is 3.33. The summed E-state index contributed by atoms with van der Waals surface area (Å²) in [6.07, 6.45) is 7.12. The number of ether oxygens (including phenoxy) is 1. The minimum absolute atomic E-state index is 0.326. The van der Waals surface area contributed by atoms with Gasteiger partial charge >= 0.3 is 0 Å². The summed E-state index contributed by atoms with van der Waals surface area (Å²) in [6, 6.07) is 3.89. The molecule has 2 aromatic heterocycles. The number of piperidine rings is 1. The van der Waals surface area contributed by atoms with Crippen LogP contribution in [0.3, 0.4) is 0 Å². The van der Waals surface area contributed by atoms with Gasteiger partial charge < -0.3 is 9.64 Å². The lowest BCUT2D eigenvalue weighted by molar-refractivity contribution is 0.101. The first-order valence-electron chi connectivity index (χ1n) is 7.49. The van der Waals surface area contributed by atoms with Crippen LogP contribution in [0.5, 0.6) is 5.75 Å². The third-order valence-corrected chi connectivity index (χ3v) is 4.64. The second-order valence-electron chi connectivity index (χ2n) is 5.46. The van der Waals surface area contributed by atoms with Gasteiger partial charge in [-0.25, -0.2) is 4.98 Å². The molecule has 4 nitrogen and oxygen atoms in total. The molecule has 21 heavy (non-hydrogen) atoms. The van der Waals surface area contributed by atoms with Crippen LogP contribution in [0, 0.1) is 6.92 Å². The number of hydrogen-bond acceptors (Lipinski definition) is 5. The number of nitrogens with zero attached hydrogens (tertiary/aromatic N) is 3. The molecule has 0 amide bonds. The van der Waals surface area contributed by atoms with Crippen LogP contribution in [0.2, 0.25) is 0 Å². The van der Waals surface area contributed by atoms with Crippen molar-refractivity contribution in [3.8, 4) is 5.75 Å². The molecule has 1 aliphatic rings. The predicted octanol–water partition coefficient (Wildman–Crippen LogP) is 2.93. The van der Waals surface area contributed by atoms with Crippen molar-refractivity contribution in [2.24, 2.45) is 0 Å². The Morgan fingerprint density at radius 1 is 1.38 bits per heavy atom. The largest absolute Gasteiger partial charge is 0.489 e. The smallest absolute Gasteiger partial charge is 0.137 e. The molecule has 112 valence electrons. The molecule has 1 aliphatic heterocycles. The SMILES string of the molecule is Cc1nc(CCN2CCC(Oc3cccnc3)CC2)cs1. The number of likely N-dealkylation sites (tertiary alicyclic amines) is 1. The van der Waals surface area contributed by atoms with Gasteiger partial charge in [0.2, 0.25) is 0 Å². The molecule has 0 aromatic carbocycles. The third-order valence-electron chi connectivity index (χ3n) is 3.82. The second kappa shape index (κ2) is 7.00. The predicted molar refractivity (Wildman–Crippen MR) is 84.9 cm³/mol. The van der Waals surface area contributed by atoms with Crippen molar-refractivity contribution in [1.29, 1.82) is 0 Å². The maximum atomic E-state index is 5.97. The standard InChI is InChI=1S/C16H21N3OS/c1-13-18-14(12-21-13)4-8-19-9-5-15(6-10-19)20-16-3-2-7-17-11-16/h2-3,7,11-12,15H,4-6,8-10H2,1H3. The van der Waals surface area contributed by atoms with Crippen LogP contribution < -0.4 is 4.74 Å². The van der Waals surface area contributed by atoms with Crippen molar-refractivity contribution >= 4 is 11.3 Å². The molecule has 0 N–H and O–H groups in total. The van der Waals surface area contributed by atoms with Crippen molar-refractivity contribution in [2.45, 2.75) is 32.3 Å². The van der Waals surface area contributed by atoms with Crippen LogP contribution in [-0.2, 0) is 6.42 Å². The average molecular weight is 303 g/mol. The Bertz CT molecular complexity index is 550. The molecule has 5 heteroatoms. The molecule has 0 saturated carbocycles. The minimum Gasteiger partial charge on any atom is -0.489 e. The van der Waals surface area contributed by atoms with E-state index in [9.17, 15) is 0 Å². The van der Waals surface area contributed by atoms with E-state index in [-0.39, 0.29) is 0 Å². The molecular formula is C16H21N3OS. The van der Waals surface area contributed by atoms with E-state index in [0.717, 1.165) is 49.7 Å². The van der Waals surface area contributed by atoms with Gasteiger partial charge in [0.05, 0.1) is 16.9 Å². The highest BCUT2D eigenvalue weighted by molar-refractivity contribution is 7.09. The Kier molecular flexibility index (Phi) is 4.83. The summed E-state index contributed by atoms with van der Waals surface area (Å²) >= 11 is 1.74. The lowest BCUT2D eigenvalue weighted by Crippen LogP contribution is -2.39. The number of pyridine rings is 1. The Labute approximate surface area is 129 Å².